The van der Waals surface area contributed by atoms with E-state index in [0.717, 1.165) is 25.7 Å². The summed E-state index contributed by atoms with van der Waals surface area (Å²) in [6, 6.07) is 0. The van der Waals surface area contributed by atoms with E-state index in [1.807, 2.05) is 6.92 Å². The maximum absolute atomic E-state index is 11.6. The van der Waals surface area contributed by atoms with Crippen LogP contribution in [0.5, 0.6) is 0 Å². The fourth-order valence-electron chi connectivity index (χ4n) is 2.43. The number of hydrogen-bond acceptors (Lipinski definition) is 4. The molecule has 1 rings (SSSR count). The van der Waals surface area contributed by atoms with E-state index in [-0.39, 0.29) is 11.5 Å². The third-order valence-corrected chi connectivity index (χ3v) is 3.59. The lowest BCUT2D eigenvalue weighted by Crippen LogP contribution is -2.46. The topological polar surface area (TPSA) is 61.5 Å². The summed E-state index contributed by atoms with van der Waals surface area (Å²) in [4.78, 5) is 11.6. The van der Waals surface area contributed by atoms with Gasteiger partial charge in [-0.25, -0.2) is 4.79 Å². The minimum Gasteiger partial charge on any atom is -0.464 e. The fraction of sp³-hybridized carbons (Fsp3) is 0.929. The van der Waals surface area contributed by atoms with Crippen molar-refractivity contribution in [3.63, 3.8) is 0 Å². The zero-order chi connectivity index (χ0) is 13.4. The molecule has 1 aliphatic carbocycles. The first-order valence-electron chi connectivity index (χ1n) is 7.18. The monoisotopic (exact) mass is 257 g/mol. The molecule has 0 heterocycles. The zero-order valence-electron chi connectivity index (χ0n) is 11.7. The Morgan fingerprint density at radius 2 is 1.83 bits per heavy atom. The summed E-state index contributed by atoms with van der Waals surface area (Å²) in [6.45, 7) is 4.59. The molecule has 106 valence electrons. The van der Waals surface area contributed by atoms with E-state index in [1.54, 1.807) is 6.92 Å². The van der Waals surface area contributed by atoms with Gasteiger partial charge in [0.2, 0.25) is 0 Å². The third kappa shape index (κ3) is 4.94. The van der Waals surface area contributed by atoms with Crippen LogP contribution in [0.15, 0.2) is 0 Å². The third-order valence-electron chi connectivity index (χ3n) is 3.59. The standard InChI is InChI=1S/C14H27NO3/c1-3-12(13(16)17-4-2)18-11-14(15)9-7-5-6-8-10-14/h12H,3-11,15H2,1-2H3. The van der Waals surface area contributed by atoms with Crippen molar-refractivity contribution in [2.45, 2.75) is 70.4 Å². The van der Waals surface area contributed by atoms with Gasteiger partial charge in [0, 0.05) is 5.54 Å². The summed E-state index contributed by atoms with van der Waals surface area (Å²) in [5.41, 5.74) is 6.11. The van der Waals surface area contributed by atoms with Gasteiger partial charge in [0.1, 0.15) is 0 Å². The molecule has 1 atom stereocenters. The molecule has 2 N–H and O–H groups in total. The highest BCUT2D eigenvalue weighted by molar-refractivity contribution is 5.74. The highest BCUT2D eigenvalue weighted by Gasteiger charge is 2.29. The Labute approximate surface area is 110 Å². The SMILES string of the molecule is CCOC(=O)C(CC)OCC1(N)CCCCCC1. The molecule has 0 aromatic carbocycles. The van der Waals surface area contributed by atoms with Gasteiger partial charge in [-0.1, -0.05) is 32.6 Å². The molecule has 0 amide bonds. The number of carbonyl (C=O) groups excluding carboxylic acids is 1. The van der Waals surface area contributed by atoms with Gasteiger partial charge in [-0.3, -0.25) is 0 Å². The molecule has 0 aromatic heterocycles. The van der Waals surface area contributed by atoms with E-state index >= 15 is 0 Å². The van der Waals surface area contributed by atoms with E-state index < -0.39 is 6.10 Å². The molecule has 0 saturated heterocycles. The fourth-order valence-corrected chi connectivity index (χ4v) is 2.43. The van der Waals surface area contributed by atoms with Gasteiger partial charge in [0.05, 0.1) is 13.2 Å². The van der Waals surface area contributed by atoms with Crippen LogP contribution in [-0.2, 0) is 14.3 Å². The van der Waals surface area contributed by atoms with Gasteiger partial charge in [-0.2, -0.15) is 0 Å². The molecule has 1 unspecified atom stereocenters. The number of hydrogen-bond donors (Lipinski definition) is 1. The minimum atomic E-state index is -0.464. The van der Waals surface area contributed by atoms with Crippen LogP contribution in [-0.4, -0.2) is 30.8 Å². The first kappa shape index (κ1) is 15.4. The average Bonchev–Trinajstić information content (AvgIpc) is 2.56. The van der Waals surface area contributed by atoms with Gasteiger partial charge in [0.15, 0.2) is 6.10 Å². The zero-order valence-corrected chi connectivity index (χ0v) is 11.7. The predicted octanol–water partition coefficient (Wildman–Crippen LogP) is 2.40. The highest BCUT2D eigenvalue weighted by atomic mass is 16.6. The molecule has 4 heteroatoms. The number of carbonyl (C=O) groups is 1. The molecule has 0 radical (unpaired) electrons. The normalized spacial score (nSPS) is 21.1. The summed E-state index contributed by atoms with van der Waals surface area (Å²) in [5.74, 6) is -0.266. The maximum atomic E-state index is 11.6. The number of nitrogens with two attached hydrogens (primary N) is 1. The van der Waals surface area contributed by atoms with Gasteiger partial charge >= 0.3 is 5.97 Å². The molecule has 4 nitrogen and oxygen atoms in total. The summed E-state index contributed by atoms with van der Waals surface area (Å²) in [5, 5.41) is 0. The molecular weight excluding hydrogens is 230 g/mol. The van der Waals surface area contributed by atoms with Gasteiger partial charge < -0.3 is 15.2 Å². The van der Waals surface area contributed by atoms with E-state index in [2.05, 4.69) is 0 Å². The van der Waals surface area contributed by atoms with Crippen LogP contribution in [0, 0.1) is 0 Å². The van der Waals surface area contributed by atoms with Crippen LogP contribution in [0.4, 0.5) is 0 Å². The van der Waals surface area contributed by atoms with Crippen molar-refractivity contribution in [1.82, 2.24) is 0 Å². The van der Waals surface area contributed by atoms with Crippen LogP contribution in [0.2, 0.25) is 0 Å². The van der Waals surface area contributed by atoms with Crippen molar-refractivity contribution in [1.29, 1.82) is 0 Å². The molecule has 0 aliphatic heterocycles. The van der Waals surface area contributed by atoms with Crippen molar-refractivity contribution in [2.24, 2.45) is 5.73 Å². The Kier molecular flexibility index (Phi) is 6.65. The quantitative estimate of drug-likeness (QED) is 0.586. The lowest BCUT2D eigenvalue weighted by atomic mass is 9.92. The van der Waals surface area contributed by atoms with Gasteiger partial charge in [-0.15, -0.1) is 0 Å². The Morgan fingerprint density at radius 3 is 2.33 bits per heavy atom. The Hall–Kier alpha value is -0.610. The summed E-state index contributed by atoms with van der Waals surface area (Å²) in [6.07, 6.45) is 7.00. The second-order valence-corrected chi connectivity index (χ2v) is 5.24. The average molecular weight is 257 g/mol. The molecular formula is C14H27NO3. The summed E-state index contributed by atoms with van der Waals surface area (Å²) < 4.78 is 10.7. The van der Waals surface area contributed by atoms with Crippen molar-refractivity contribution in [3.05, 3.63) is 0 Å². The first-order valence-corrected chi connectivity index (χ1v) is 7.18. The van der Waals surface area contributed by atoms with E-state index in [9.17, 15) is 4.79 Å². The number of rotatable bonds is 6. The van der Waals surface area contributed by atoms with Crippen molar-refractivity contribution >= 4 is 5.97 Å². The smallest absolute Gasteiger partial charge is 0.335 e. The minimum absolute atomic E-state index is 0.254. The second-order valence-electron chi connectivity index (χ2n) is 5.24. The lowest BCUT2D eigenvalue weighted by Gasteiger charge is -2.29. The Balaban J connectivity index is 2.42. The molecule has 0 spiro atoms. The van der Waals surface area contributed by atoms with E-state index in [0.29, 0.717) is 19.6 Å². The molecule has 1 saturated carbocycles. The maximum Gasteiger partial charge on any atom is 0.335 e. The molecule has 1 fully saturated rings. The molecule has 1 aliphatic rings. The first-order chi connectivity index (χ1) is 8.61. The van der Waals surface area contributed by atoms with Crippen LogP contribution in [0.25, 0.3) is 0 Å². The van der Waals surface area contributed by atoms with E-state index in [1.165, 1.54) is 12.8 Å². The van der Waals surface area contributed by atoms with Crippen LogP contribution in [0.1, 0.15) is 58.8 Å². The number of esters is 1. The van der Waals surface area contributed by atoms with Crippen LogP contribution < -0.4 is 5.73 Å². The lowest BCUT2D eigenvalue weighted by molar-refractivity contribution is -0.158. The van der Waals surface area contributed by atoms with Gasteiger partial charge in [-0.05, 0) is 26.2 Å². The molecule has 18 heavy (non-hydrogen) atoms. The van der Waals surface area contributed by atoms with Crippen LogP contribution in [0.3, 0.4) is 0 Å². The highest BCUT2D eigenvalue weighted by Crippen LogP contribution is 2.25. The molecule has 0 bridgehead atoms. The Bertz CT molecular complexity index is 247. The summed E-state index contributed by atoms with van der Waals surface area (Å²) in [7, 11) is 0. The van der Waals surface area contributed by atoms with Gasteiger partial charge in [0.25, 0.3) is 0 Å². The van der Waals surface area contributed by atoms with Crippen LogP contribution >= 0.6 is 0 Å². The second kappa shape index (κ2) is 7.74. The summed E-state index contributed by atoms with van der Waals surface area (Å²) >= 11 is 0. The van der Waals surface area contributed by atoms with Crippen molar-refractivity contribution < 1.29 is 14.3 Å². The largest absolute Gasteiger partial charge is 0.464 e. The van der Waals surface area contributed by atoms with Crippen molar-refractivity contribution in [3.8, 4) is 0 Å². The van der Waals surface area contributed by atoms with Crippen molar-refractivity contribution in [2.75, 3.05) is 13.2 Å². The predicted molar refractivity (Wildman–Crippen MR) is 71.3 cm³/mol. The Morgan fingerprint density at radius 1 is 1.22 bits per heavy atom. The molecule has 0 aromatic rings. The number of ether oxygens (including phenoxy) is 2. The van der Waals surface area contributed by atoms with E-state index in [4.69, 9.17) is 15.2 Å².